The van der Waals surface area contributed by atoms with Crippen molar-refractivity contribution in [3.8, 4) is 17.2 Å². The third-order valence-electron chi connectivity index (χ3n) is 4.10. The highest BCUT2D eigenvalue weighted by Crippen LogP contribution is 2.33. The molecule has 0 aromatic heterocycles. The molecular formula is C21H27N3O6S. The zero-order valence-electron chi connectivity index (χ0n) is 18.0. The van der Waals surface area contributed by atoms with E-state index >= 15 is 0 Å². The van der Waals surface area contributed by atoms with Crippen LogP contribution >= 0.6 is 0 Å². The lowest BCUT2D eigenvalue weighted by Crippen LogP contribution is -2.39. The number of carbonyl (C=O) groups excluding carboxylic acids is 1. The van der Waals surface area contributed by atoms with E-state index in [0.29, 0.717) is 12.4 Å². The van der Waals surface area contributed by atoms with E-state index in [1.807, 2.05) is 6.92 Å². The van der Waals surface area contributed by atoms with Gasteiger partial charge in [-0.2, -0.15) is 5.10 Å². The smallest absolute Gasteiger partial charge is 0.260 e. The largest absolute Gasteiger partial charge is 0.497 e. The molecule has 9 nitrogen and oxygen atoms in total. The van der Waals surface area contributed by atoms with Crippen molar-refractivity contribution in [2.45, 2.75) is 13.3 Å². The first kappa shape index (κ1) is 24.0. The summed E-state index contributed by atoms with van der Waals surface area (Å²) in [7, 11) is -0.878. The summed E-state index contributed by atoms with van der Waals surface area (Å²) in [6, 6.07) is 11.8. The molecule has 0 saturated heterocycles. The van der Waals surface area contributed by atoms with E-state index in [1.165, 1.54) is 32.6 Å². The van der Waals surface area contributed by atoms with E-state index < -0.39 is 22.5 Å². The van der Waals surface area contributed by atoms with Gasteiger partial charge in [0, 0.05) is 6.07 Å². The van der Waals surface area contributed by atoms with Crippen LogP contribution in [0.3, 0.4) is 0 Å². The summed E-state index contributed by atoms with van der Waals surface area (Å²) in [5.74, 6) is 0.892. The Labute approximate surface area is 182 Å². The molecule has 0 atom stereocenters. The first-order valence-corrected chi connectivity index (χ1v) is 11.4. The molecule has 10 heteroatoms. The number of rotatable bonds is 11. The molecule has 1 N–H and O–H groups in total. The molecule has 0 saturated carbocycles. The standard InChI is InChI=1S/C21H27N3O6S/c1-5-12-30-17-8-6-16(7-9-17)14-22-23-21(25)15-24(31(4,26)27)19-11-10-18(28-2)13-20(19)29-3/h6-11,13-14H,5,12,15H2,1-4H3,(H,23,25)/b22-14-. The van der Waals surface area contributed by atoms with Crippen molar-refractivity contribution in [2.75, 3.05) is 37.9 Å². The topological polar surface area (TPSA) is 107 Å². The Morgan fingerprint density at radius 3 is 2.35 bits per heavy atom. The predicted octanol–water partition coefficient (Wildman–Crippen LogP) is 2.41. The highest BCUT2D eigenvalue weighted by atomic mass is 32.2. The molecule has 0 unspecified atom stereocenters. The fourth-order valence-corrected chi connectivity index (χ4v) is 3.45. The maximum atomic E-state index is 12.3. The quantitative estimate of drug-likeness (QED) is 0.417. The van der Waals surface area contributed by atoms with E-state index in [2.05, 4.69) is 10.5 Å². The molecule has 2 aromatic carbocycles. The number of carbonyl (C=O) groups is 1. The number of methoxy groups -OCH3 is 2. The fourth-order valence-electron chi connectivity index (χ4n) is 2.59. The monoisotopic (exact) mass is 449 g/mol. The molecule has 0 radical (unpaired) electrons. The van der Waals surface area contributed by atoms with Crippen LogP contribution in [0.2, 0.25) is 0 Å². The molecule has 0 bridgehead atoms. The molecular weight excluding hydrogens is 422 g/mol. The predicted molar refractivity (Wildman–Crippen MR) is 120 cm³/mol. The number of nitrogens with one attached hydrogen (secondary N) is 1. The molecule has 0 aliphatic rings. The van der Waals surface area contributed by atoms with Crippen molar-refractivity contribution in [1.82, 2.24) is 5.43 Å². The lowest BCUT2D eigenvalue weighted by atomic mass is 10.2. The average molecular weight is 450 g/mol. The first-order valence-electron chi connectivity index (χ1n) is 9.53. The lowest BCUT2D eigenvalue weighted by molar-refractivity contribution is -0.119. The van der Waals surface area contributed by atoms with Gasteiger partial charge in [-0.05, 0) is 48.4 Å². The van der Waals surface area contributed by atoms with Crippen LogP contribution in [-0.4, -0.2) is 54.2 Å². The number of anilines is 1. The summed E-state index contributed by atoms with van der Waals surface area (Å²) in [6.45, 7) is 2.20. The maximum Gasteiger partial charge on any atom is 0.260 e. The third-order valence-corrected chi connectivity index (χ3v) is 5.23. The highest BCUT2D eigenvalue weighted by molar-refractivity contribution is 7.92. The van der Waals surface area contributed by atoms with E-state index in [9.17, 15) is 13.2 Å². The summed E-state index contributed by atoms with van der Waals surface area (Å²) < 4.78 is 41.4. The molecule has 2 aromatic rings. The van der Waals surface area contributed by atoms with Gasteiger partial charge in [0.05, 0.1) is 39.0 Å². The fraction of sp³-hybridized carbons (Fsp3) is 0.333. The number of hydrogen-bond donors (Lipinski definition) is 1. The molecule has 31 heavy (non-hydrogen) atoms. The van der Waals surface area contributed by atoms with Crippen LogP contribution in [0.5, 0.6) is 17.2 Å². The molecule has 0 aliphatic heterocycles. The summed E-state index contributed by atoms with van der Waals surface area (Å²) in [5.41, 5.74) is 3.31. The van der Waals surface area contributed by atoms with Gasteiger partial charge in [-0.3, -0.25) is 9.10 Å². The summed E-state index contributed by atoms with van der Waals surface area (Å²) in [6.07, 6.45) is 3.39. The molecule has 0 spiro atoms. The summed E-state index contributed by atoms with van der Waals surface area (Å²) in [5, 5.41) is 3.89. The van der Waals surface area contributed by atoms with Crippen LogP contribution in [0, 0.1) is 0 Å². The minimum Gasteiger partial charge on any atom is -0.497 e. The molecule has 168 valence electrons. The second-order valence-corrected chi connectivity index (χ2v) is 8.42. The molecule has 2 rings (SSSR count). The Bertz CT molecular complexity index is 1010. The van der Waals surface area contributed by atoms with Crippen LogP contribution in [0.1, 0.15) is 18.9 Å². The van der Waals surface area contributed by atoms with E-state index in [-0.39, 0.29) is 11.4 Å². The van der Waals surface area contributed by atoms with E-state index in [4.69, 9.17) is 14.2 Å². The highest BCUT2D eigenvalue weighted by Gasteiger charge is 2.24. The SMILES string of the molecule is CCCOc1ccc(/C=N\NC(=O)CN(c2ccc(OC)cc2OC)S(C)(=O)=O)cc1. The van der Waals surface area contributed by atoms with Crippen LogP contribution in [-0.2, 0) is 14.8 Å². The van der Waals surface area contributed by atoms with Gasteiger partial charge in [0.15, 0.2) is 0 Å². The average Bonchev–Trinajstić information content (AvgIpc) is 2.75. The molecule has 0 aliphatic carbocycles. The van der Waals surface area contributed by atoms with Crippen LogP contribution < -0.4 is 23.9 Å². The van der Waals surface area contributed by atoms with Crippen molar-refractivity contribution in [3.63, 3.8) is 0 Å². The van der Waals surface area contributed by atoms with Gasteiger partial charge in [-0.25, -0.2) is 13.8 Å². The van der Waals surface area contributed by atoms with Gasteiger partial charge in [0.2, 0.25) is 10.0 Å². The Kier molecular flexibility index (Phi) is 8.68. The van der Waals surface area contributed by atoms with Crippen molar-refractivity contribution in [1.29, 1.82) is 0 Å². The Morgan fingerprint density at radius 2 is 1.77 bits per heavy atom. The van der Waals surface area contributed by atoms with Crippen molar-refractivity contribution in [2.24, 2.45) is 5.10 Å². The molecule has 0 heterocycles. The van der Waals surface area contributed by atoms with Crippen molar-refractivity contribution >= 4 is 27.8 Å². The molecule has 0 fully saturated rings. The summed E-state index contributed by atoms with van der Waals surface area (Å²) >= 11 is 0. The number of sulfonamides is 1. The minimum atomic E-state index is -3.77. The number of hydrazone groups is 1. The van der Waals surface area contributed by atoms with Crippen LogP contribution in [0.25, 0.3) is 0 Å². The zero-order chi connectivity index (χ0) is 22.9. The van der Waals surface area contributed by atoms with Gasteiger partial charge >= 0.3 is 0 Å². The van der Waals surface area contributed by atoms with E-state index in [1.54, 1.807) is 30.3 Å². The number of benzene rings is 2. The number of amides is 1. The second kappa shape index (κ2) is 11.2. The maximum absolute atomic E-state index is 12.3. The number of nitrogens with zero attached hydrogens (tertiary/aromatic N) is 2. The van der Waals surface area contributed by atoms with Crippen molar-refractivity contribution in [3.05, 3.63) is 48.0 Å². The minimum absolute atomic E-state index is 0.215. The van der Waals surface area contributed by atoms with Crippen molar-refractivity contribution < 1.29 is 27.4 Å². The Hall–Kier alpha value is -3.27. The normalized spacial score (nSPS) is 11.2. The van der Waals surface area contributed by atoms with Gasteiger partial charge in [-0.1, -0.05) is 6.92 Å². The van der Waals surface area contributed by atoms with Gasteiger partial charge in [0.1, 0.15) is 23.8 Å². The Balaban J connectivity index is 2.08. The van der Waals surface area contributed by atoms with Gasteiger partial charge in [0.25, 0.3) is 5.91 Å². The number of ether oxygens (including phenoxy) is 3. The molecule has 1 amide bonds. The lowest BCUT2D eigenvalue weighted by Gasteiger charge is -2.23. The van der Waals surface area contributed by atoms with E-state index in [0.717, 1.165) is 28.3 Å². The van der Waals surface area contributed by atoms with Crippen LogP contribution in [0.15, 0.2) is 47.6 Å². The second-order valence-electron chi connectivity index (χ2n) is 6.52. The number of hydrogen-bond acceptors (Lipinski definition) is 7. The summed E-state index contributed by atoms with van der Waals surface area (Å²) in [4.78, 5) is 12.3. The first-order chi connectivity index (χ1) is 14.8. The van der Waals surface area contributed by atoms with Gasteiger partial charge < -0.3 is 14.2 Å². The van der Waals surface area contributed by atoms with Gasteiger partial charge in [-0.15, -0.1) is 0 Å². The third kappa shape index (κ3) is 7.18. The van der Waals surface area contributed by atoms with Crippen LogP contribution in [0.4, 0.5) is 5.69 Å². The zero-order valence-corrected chi connectivity index (χ0v) is 18.8. The Morgan fingerprint density at radius 1 is 1.10 bits per heavy atom.